The maximum absolute atomic E-state index is 9.95. The Morgan fingerprint density at radius 2 is 1.83 bits per heavy atom. The molecule has 0 aliphatic rings. The van der Waals surface area contributed by atoms with Crippen LogP contribution >= 0.6 is 11.6 Å². The fourth-order valence-electron chi connectivity index (χ4n) is 1.31. The summed E-state index contributed by atoms with van der Waals surface area (Å²) < 4.78 is 0. The molecule has 70 valence electrons. The van der Waals surface area contributed by atoms with Gasteiger partial charge in [0.25, 0.3) is 0 Å². The van der Waals surface area contributed by atoms with Gasteiger partial charge in [-0.05, 0) is 26.2 Å². The summed E-state index contributed by atoms with van der Waals surface area (Å²) in [7, 11) is 0. The van der Waals surface area contributed by atoms with Gasteiger partial charge in [0.05, 0.1) is 5.60 Å². The summed E-state index contributed by atoms with van der Waals surface area (Å²) in [6.45, 7) is 9.07. The van der Waals surface area contributed by atoms with Gasteiger partial charge in [-0.25, -0.2) is 0 Å². The van der Waals surface area contributed by atoms with Crippen molar-refractivity contribution >= 4 is 11.6 Å². The molecule has 1 atom stereocenters. The molecule has 0 amide bonds. The number of hydrogen-bond acceptors (Lipinski definition) is 1. The van der Waals surface area contributed by atoms with E-state index in [1.165, 1.54) is 0 Å². The lowest BCUT2D eigenvalue weighted by atomic mass is 9.90. The van der Waals surface area contributed by atoms with E-state index in [2.05, 4.69) is 13.2 Å². The Morgan fingerprint density at radius 1 is 1.42 bits per heavy atom. The Kier molecular flexibility index (Phi) is 5.27. The lowest BCUT2D eigenvalue weighted by molar-refractivity contribution is 0.0377. The topological polar surface area (TPSA) is 20.2 Å². The van der Waals surface area contributed by atoms with Crippen LogP contribution in [-0.4, -0.2) is 16.1 Å². The van der Waals surface area contributed by atoms with E-state index in [0.29, 0.717) is 19.3 Å². The van der Waals surface area contributed by atoms with Crippen LogP contribution in [-0.2, 0) is 0 Å². The van der Waals surface area contributed by atoms with E-state index < -0.39 is 5.60 Å². The van der Waals surface area contributed by atoms with Gasteiger partial charge in [0.15, 0.2) is 0 Å². The molecule has 1 N–H and O–H groups in total. The summed E-state index contributed by atoms with van der Waals surface area (Å²) in [5.41, 5.74) is -0.745. The first kappa shape index (κ1) is 11.7. The minimum atomic E-state index is -0.745. The lowest BCUT2D eigenvalue weighted by Crippen LogP contribution is -2.29. The average Bonchev–Trinajstić information content (AvgIpc) is 1.85. The number of aliphatic hydroxyl groups is 1. The highest BCUT2D eigenvalue weighted by Gasteiger charge is 2.25. The Hall–Kier alpha value is -0.270. The Morgan fingerprint density at radius 3 is 2.08 bits per heavy atom. The quantitative estimate of drug-likeness (QED) is 0.502. The van der Waals surface area contributed by atoms with Gasteiger partial charge >= 0.3 is 0 Å². The second-order valence-corrected chi connectivity index (χ2v) is 3.94. The van der Waals surface area contributed by atoms with E-state index in [4.69, 9.17) is 11.6 Å². The van der Waals surface area contributed by atoms with Crippen LogP contribution in [0, 0.1) is 0 Å². The molecule has 0 spiro atoms. The third-order valence-electron chi connectivity index (χ3n) is 1.71. The molecule has 0 fully saturated rings. The lowest BCUT2D eigenvalue weighted by Gasteiger charge is -2.26. The maximum atomic E-state index is 9.95. The Bertz CT molecular complexity index is 142. The smallest absolute Gasteiger partial charge is 0.0730 e. The van der Waals surface area contributed by atoms with Crippen molar-refractivity contribution in [2.45, 2.75) is 37.2 Å². The fraction of sp³-hybridized carbons (Fsp3) is 0.600. The Balaban J connectivity index is 4.15. The van der Waals surface area contributed by atoms with Crippen molar-refractivity contribution in [1.82, 2.24) is 0 Å². The van der Waals surface area contributed by atoms with Gasteiger partial charge in [0.1, 0.15) is 0 Å². The molecule has 0 aromatic heterocycles. The summed E-state index contributed by atoms with van der Waals surface area (Å²) in [5, 5.41) is 9.94. The van der Waals surface area contributed by atoms with Crippen molar-refractivity contribution in [3.63, 3.8) is 0 Å². The zero-order chi connectivity index (χ0) is 9.61. The average molecular weight is 189 g/mol. The molecule has 0 heterocycles. The molecule has 0 saturated heterocycles. The fourth-order valence-corrected chi connectivity index (χ4v) is 1.60. The Labute approximate surface area is 79.7 Å². The van der Waals surface area contributed by atoms with Crippen LogP contribution in [0.3, 0.4) is 0 Å². The number of halogens is 1. The monoisotopic (exact) mass is 188 g/mol. The minimum absolute atomic E-state index is 0.0186. The minimum Gasteiger partial charge on any atom is -0.389 e. The molecule has 0 radical (unpaired) electrons. The van der Waals surface area contributed by atoms with Gasteiger partial charge in [-0.1, -0.05) is 12.2 Å². The van der Waals surface area contributed by atoms with Crippen molar-refractivity contribution in [2.75, 3.05) is 0 Å². The first-order valence-corrected chi connectivity index (χ1v) is 4.56. The second-order valence-electron chi connectivity index (χ2n) is 3.19. The van der Waals surface area contributed by atoms with Crippen molar-refractivity contribution in [3.8, 4) is 0 Å². The van der Waals surface area contributed by atoms with Crippen LogP contribution < -0.4 is 0 Å². The van der Waals surface area contributed by atoms with Crippen LogP contribution in [0.25, 0.3) is 0 Å². The highest BCUT2D eigenvalue weighted by Crippen LogP contribution is 2.24. The zero-order valence-corrected chi connectivity index (χ0v) is 8.35. The van der Waals surface area contributed by atoms with Crippen LogP contribution in [0.4, 0.5) is 0 Å². The molecule has 1 unspecified atom stereocenters. The molecule has 0 aromatic carbocycles. The SMILES string of the molecule is C=CCC(O)(CC=C)CC(C)Cl. The van der Waals surface area contributed by atoms with Gasteiger partial charge in [-0.15, -0.1) is 24.8 Å². The summed E-state index contributed by atoms with van der Waals surface area (Å²) in [6, 6.07) is 0. The third kappa shape index (κ3) is 4.58. The van der Waals surface area contributed by atoms with Gasteiger partial charge in [-0.3, -0.25) is 0 Å². The van der Waals surface area contributed by atoms with Gasteiger partial charge in [-0.2, -0.15) is 0 Å². The van der Waals surface area contributed by atoms with E-state index >= 15 is 0 Å². The van der Waals surface area contributed by atoms with Crippen LogP contribution in [0.15, 0.2) is 25.3 Å². The molecule has 0 rings (SSSR count). The normalized spacial score (nSPS) is 13.9. The van der Waals surface area contributed by atoms with Crippen molar-refractivity contribution in [1.29, 1.82) is 0 Å². The van der Waals surface area contributed by atoms with E-state index in [1.54, 1.807) is 12.2 Å². The summed E-state index contributed by atoms with van der Waals surface area (Å²) in [5.74, 6) is 0. The maximum Gasteiger partial charge on any atom is 0.0730 e. The van der Waals surface area contributed by atoms with Gasteiger partial charge < -0.3 is 5.11 Å². The first-order valence-electron chi connectivity index (χ1n) is 4.12. The predicted molar refractivity (Wildman–Crippen MR) is 54.5 cm³/mol. The van der Waals surface area contributed by atoms with Gasteiger partial charge in [0.2, 0.25) is 0 Å². The molecule has 0 aromatic rings. The van der Waals surface area contributed by atoms with Crippen molar-refractivity contribution in [3.05, 3.63) is 25.3 Å². The summed E-state index contributed by atoms with van der Waals surface area (Å²) in [4.78, 5) is 0. The molecule has 0 aliphatic heterocycles. The molecule has 2 heteroatoms. The summed E-state index contributed by atoms with van der Waals surface area (Å²) in [6.07, 6.45) is 5.13. The standard InChI is InChI=1S/C10H17ClO/c1-4-6-10(12,7-5-2)8-9(3)11/h4-5,9,12H,1-2,6-8H2,3H3. The van der Waals surface area contributed by atoms with E-state index in [9.17, 15) is 5.11 Å². The molecular formula is C10H17ClO. The predicted octanol–water partition coefficient (Wildman–Crippen LogP) is 2.89. The highest BCUT2D eigenvalue weighted by molar-refractivity contribution is 6.20. The highest BCUT2D eigenvalue weighted by atomic mass is 35.5. The number of hydrogen-bond donors (Lipinski definition) is 1. The molecule has 1 nitrogen and oxygen atoms in total. The molecule has 0 saturated carbocycles. The number of rotatable bonds is 6. The van der Waals surface area contributed by atoms with E-state index in [-0.39, 0.29) is 5.38 Å². The zero-order valence-electron chi connectivity index (χ0n) is 7.59. The van der Waals surface area contributed by atoms with E-state index in [1.807, 2.05) is 6.92 Å². The molecular weight excluding hydrogens is 172 g/mol. The van der Waals surface area contributed by atoms with Crippen LogP contribution in [0.5, 0.6) is 0 Å². The van der Waals surface area contributed by atoms with E-state index in [0.717, 1.165) is 0 Å². The molecule has 12 heavy (non-hydrogen) atoms. The van der Waals surface area contributed by atoms with Crippen molar-refractivity contribution in [2.24, 2.45) is 0 Å². The second kappa shape index (κ2) is 5.39. The van der Waals surface area contributed by atoms with Crippen LogP contribution in [0.1, 0.15) is 26.2 Å². The summed E-state index contributed by atoms with van der Waals surface area (Å²) >= 11 is 5.81. The van der Waals surface area contributed by atoms with Crippen molar-refractivity contribution < 1.29 is 5.11 Å². The first-order chi connectivity index (χ1) is 5.54. The van der Waals surface area contributed by atoms with Gasteiger partial charge in [0, 0.05) is 5.38 Å². The molecule has 0 aliphatic carbocycles. The third-order valence-corrected chi connectivity index (χ3v) is 1.86. The molecule has 0 bridgehead atoms. The number of alkyl halides is 1. The largest absolute Gasteiger partial charge is 0.389 e. The van der Waals surface area contributed by atoms with Crippen LogP contribution in [0.2, 0.25) is 0 Å².